The zero-order valence-electron chi connectivity index (χ0n) is 11.0. The molecule has 6 heteroatoms. The molecule has 1 aliphatic heterocycles. The molecule has 2 heterocycles. The molecule has 2 rings (SSSR count). The number of rotatable bonds is 3. The Morgan fingerprint density at radius 3 is 2.72 bits per heavy atom. The van der Waals surface area contributed by atoms with E-state index in [2.05, 4.69) is 20.0 Å². The fourth-order valence-corrected chi connectivity index (χ4v) is 2.23. The van der Waals surface area contributed by atoms with Gasteiger partial charge in [-0.3, -0.25) is 0 Å². The summed E-state index contributed by atoms with van der Waals surface area (Å²) in [5.74, 6) is 1.51. The summed E-state index contributed by atoms with van der Waals surface area (Å²) in [5.41, 5.74) is 6.04. The van der Waals surface area contributed by atoms with Crippen LogP contribution in [0.2, 0.25) is 0 Å². The van der Waals surface area contributed by atoms with Crippen molar-refractivity contribution in [1.82, 2.24) is 19.7 Å². The zero-order chi connectivity index (χ0) is 12.8. The highest BCUT2D eigenvalue weighted by Crippen LogP contribution is 2.09. The highest BCUT2D eigenvalue weighted by Gasteiger charge is 2.11. The van der Waals surface area contributed by atoms with E-state index < -0.39 is 0 Å². The van der Waals surface area contributed by atoms with Crippen LogP contribution in [0.1, 0.15) is 38.4 Å². The van der Waals surface area contributed by atoms with E-state index in [-0.39, 0.29) is 0 Å². The number of aryl methyl sites for hydroxylation is 1. The monoisotopic (exact) mass is 250 g/mol. The van der Waals surface area contributed by atoms with Crippen LogP contribution in [0.4, 0.5) is 0 Å². The lowest BCUT2D eigenvalue weighted by atomic mass is 10.2. The van der Waals surface area contributed by atoms with E-state index in [9.17, 15) is 0 Å². The topological polar surface area (TPSA) is 72.3 Å². The van der Waals surface area contributed by atoms with Crippen LogP contribution in [-0.4, -0.2) is 38.7 Å². The van der Waals surface area contributed by atoms with Crippen molar-refractivity contribution in [3.05, 3.63) is 12.2 Å². The number of hydrogen-bond acceptors (Lipinski definition) is 3. The van der Waals surface area contributed by atoms with Gasteiger partial charge in [-0.15, -0.1) is 0 Å². The van der Waals surface area contributed by atoms with Crippen molar-refractivity contribution in [3.8, 4) is 0 Å². The number of aliphatic imine (C=N–C) groups is 1. The van der Waals surface area contributed by atoms with Crippen LogP contribution in [0, 0.1) is 0 Å². The third-order valence-corrected chi connectivity index (χ3v) is 3.31. The van der Waals surface area contributed by atoms with Gasteiger partial charge in [-0.25, -0.2) is 14.7 Å². The highest BCUT2D eigenvalue weighted by molar-refractivity contribution is 5.78. The van der Waals surface area contributed by atoms with Gasteiger partial charge in [-0.2, -0.15) is 5.10 Å². The molecule has 1 saturated heterocycles. The molecule has 0 spiro atoms. The van der Waals surface area contributed by atoms with Gasteiger partial charge >= 0.3 is 0 Å². The van der Waals surface area contributed by atoms with Gasteiger partial charge in [0, 0.05) is 19.6 Å². The van der Waals surface area contributed by atoms with Crippen molar-refractivity contribution >= 4 is 5.96 Å². The number of nitrogens with zero attached hydrogens (tertiary/aromatic N) is 5. The van der Waals surface area contributed by atoms with Crippen LogP contribution in [0.25, 0.3) is 0 Å². The maximum absolute atomic E-state index is 6.04. The largest absolute Gasteiger partial charge is 0.370 e. The normalized spacial score (nSPS) is 17.8. The summed E-state index contributed by atoms with van der Waals surface area (Å²) in [6, 6.07) is 0. The fraction of sp³-hybridized carbons (Fsp3) is 0.750. The van der Waals surface area contributed by atoms with Crippen molar-refractivity contribution in [2.45, 2.75) is 45.7 Å². The Bertz CT molecular complexity index is 389. The van der Waals surface area contributed by atoms with Crippen molar-refractivity contribution < 1.29 is 0 Å². The van der Waals surface area contributed by atoms with E-state index in [1.807, 2.05) is 11.6 Å². The molecule has 100 valence electrons. The lowest BCUT2D eigenvalue weighted by Crippen LogP contribution is -2.38. The molecule has 0 radical (unpaired) electrons. The molecule has 0 saturated carbocycles. The van der Waals surface area contributed by atoms with Gasteiger partial charge < -0.3 is 10.6 Å². The third kappa shape index (κ3) is 3.21. The molecule has 0 unspecified atom stereocenters. The molecule has 0 aromatic carbocycles. The molecule has 0 amide bonds. The Labute approximate surface area is 108 Å². The Balaban J connectivity index is 1.95. The van der Waals surface area contributed by atoms with Crippen molar-refractivity contribution in [2.75, 3.05) is 13.1 Å². The SMILES string of the molecule is CCn1ncnc1CN=C(N)N1CCCCCC1. The average molecular weight is 250 g/mol. The first-order valence-electron chi connectivity index (χ1n) is 6.73. The van der Waals surface area contributed by atoms with E-state index in [0.29, 0.717) is 12.5 Å². The molecular formula is C12H22N6. The molecule has 1 aliphatic rings. The summed E-state index contributed by atoms with van der Waals surface area (Å²) >= 11 is 0. The minimum Gasteiger partial charge on any atom is -0.370 e. The quantitative estimate of drug-likeness (QED) is 0.641. The van der Waals surface area contributed by atoms with Gasteiger partial charge in [0.15, 0.2) is 5.96 Å². The summed E-state index contributed by atoms with van der Waals surface area (Å²) in [5, 5.41) is 4.12. The first-order valence-corrected chi connectivity index (χ1v) is 6.73. The van der Waals surface area contributed by atoms with Gasteiger partial charge in [0.25, 0.3) is 0 Å². The van der Waals surface area contributed by atoms with Crippen LogP contribution in [0.5, 0.6) is 0 Å². The van der Waals surface area contributed by atoms with Gasteiger partial charge in [0.1, 0.15) is 18.7 Å². The summed E-state index contributed by atoms with van der Waals surface area (Å²) in [4.78, 5) is 10.8. The van der Waals surface area contributed by atoms with Crippen molar-refractivity contribution in [2.24, 2.45) is 10.7 Å². The highest BCUT2D eigenvalue weighted by atomic mass is 15.3. The summed E-state index contributed by atoms with van der Waals surface area (Å²) < 4.78 is 1.85. The molecule has 18 heavy (non-hydrogen) atoms. The average Bonchev–Trinajstić information content (AvgIpc) is 2.67. The van der Waals surface area contributed by atoms with E-state index >= 15 is 0 Å². The molecule has 0 aliphatic carbocycles. The number of hydrogen-bond donors (Lipinski definition) is 1. The van der Waals surface area contributed by atoms with E-state index in [0.717, 1.165) is 25.5 Å². The number of guanidine groups is 1. The maximum Gasteiger partial charge on any atom is 0.191 e. The summed E-state index contributed by atoms with van der Waals surface area (Å²) in [7, 11) is 0. The van der Waals surface area contributed by atoms with Gasteiger partial charge in [0.2, 0.25) is 0 Å². The number of nitrogens with two attached hydrogens (primary N) is 1. The smallest absolute Gasteiger partial charge is 0.191 e. The maximum atomic E-state index is 6.04. The number of aromatic nitrogens is 3. The van der Waals surface area contributed by atoms with Crippen molar-refractivity contribution in [3.63, 3.8) is 0 Å². The Kier molecular flexibility index (Phi) is 4.55. The minimum atomic E-state index is 0.510. The third-order valence-electron chi connectivity index (χ3n) is 3.31. The molecule has 6 nitrogen and oxygen atoms in total. The predicted molar refractivity (Wildman–Crippen MR) is 71.1 cm³/mol. The van der Waals surface area contributed by atoms with Crippen LogP contribution in [0.15, 0.2) is 11.3 Å². The van der Waals surface area contributed by atoms with E-state index in [1.165, 1.54) is 25.7 Å². The second-order valence-corrected chi connectivity index (χ2v) is 4.57. The Morgan fingerprint density at radius 2 is 2.06 bits per heavy atom. The van der Waals surface area contributed by atoms with Crippen LogP contribution in [0.3, 0.4) is 0 Å². The van der Waals surface area contributed by atoms with Gasteiger partial charge in [-0.05, 0) is 19.8 Å². The first kappa shape index (κ1) is 12.9. The van der Waals surface area contributed by atoms with E-state index in [1.54, 1.807) is 6.33 Å². The van der Waals surface area contributed by atoms with Crippen LogP contribution in [-0.2, 0) is 13.1 Å². The Morgan fingerprint density at radius 1 is 1.33 bits per heavy atom. The summed E-state index contributed by atoms with van der Waals surface area (Å²) in [6.45, 7) is 5.41. The lowest BCUT2D eigenvalue weighted by Gasteiger charge is -2.20. The second kappa shape index (κ2) is 6.37. The molecule has 0 bridgehead atoms. The molecule has 1 aromatic rings. The fourth-order valence-electron chi connectivity index (χ4n) is 2.23. The minimum absolute atomic E-state index is 0.510. The molecule has 0 atom stereocenters. The molecule has 1 fully saturated rings. The van der Waals surface area contributed by atoms with Crippen molar-refractivity contribution in [1.29, 1.82) is 0 Å². The molecular weight excluding hydrogens is 228 g/mol. The second-order valence-electron chi connectivity index (χ2n) is 4.57. The standard InChI is InChI=1S/C12H22N6/c1-2-18-11(15-10-16-18)9-14-12(13)17-7-5-3-4-6-8-17/h10H,2-9H2,1H3,(H2,13,14). The van der Waals surface area contributed by atoms with E-state index in [4.69, 9.17) is 5.73 Å². The van der Waals surface area contributed by atoms with Gasteiger partial charge in [0.05, 0.1) is 0 Å². The van der Waals surface area contributed by atoms with Crippen LogP contribution >= 0.6 is 0 Å². The van der Waals surface area contributed by atoms with Gasteiger partial charge in [-0.1, -0.05) is 12.8 Å². The van der Waals surface area contributed by atoms with Crippen LogP contribution < -0.4 is 5.73 Å². The molecule has 2 N–H and O–H groups in total. The first-order chi connectivity index (χ1) is 8.81. The molecule has 1 aromatic heterocycles. The number of likely N-dealkylation sites (tertiary alicyclic amines) is 1. The zero-order valence-corrected chi connectivity index (χ0v) is 11.0. The summed E-state index contributed by atoms with van der Waals surface area (Å²) in [6.07, 6.45) is 6.58. The lowest BCUT2D eigenvalue weighted by molar-refractivity contribution is 0.428. The predicted octanol–water partition coefficient (Wildman–Crippen LogP) is 0.989. The Hall–Kier alpha value is -1.59.